The summed E-state index contributed by atoms with van der Waals surface area (Å²) < 4.78 is 0. The maximum absolute atomic E-state index is 9.79. The van der Waals surface area contributed by atoms with Gasteiger partial charge in [-0.25, -0.2) is 0 Å². The SMILES string of the molecule is CC(C)(O)C[NH2+]CCC(c1ccccc1)c1ccccc1.[Cl-]. The molecule has 0 bridgehead atoms. The Kier molecular flexibility index (Phi) is 7.60. The Morgan fingerprint density at radius 2 is 1.36 bits per heavy atom. The summed E-state index contributed by atoms with van der Waals surface area (Å²) in [6, 6.07) is 21.3. The second-order valence-corrected chi connectivity index (χ2v) is 6.26. The Balaban J connectivity index is 0.00000242. The van der Waals surface area contributed by atoms with Gasteiger partial charge in [0.25, 0.3) is 0 Å². The quantitative estimate of drug-likeness (QED) is 0.666. The maximum Gasteiger partial charge on any atom is 0.108 e. The Hall–Kier alpha value is -1.35. The molecule has 22 heavy (non-hydrogen) atoms. The molecule has 2 aromatic carbocycles. The molecule has 0 fully saturated rings. The van der Waals surface area contributed by atoms with Crippen LogP contribution < -0.4 is 17.7 Å². The van der Waals surface area contributed by atoms with E-state index in [2.05, 4.69) is 66.0 Å². The fraction of sp³-hybridized carbons (Fsp3) is 0.368. The van der Waals surface area contributed by atoms with Crippen molar-refractivity contribution in [3.63, 3.8) is 0 Å². The number of quaternary nitrogens is 1. The second-order valence-electron chi connectivity index (χ2n) is 6.26. The smallest absolute Gasteiger partial charge is 0.108 e. The normalized spacial score (nSPS) is 11.3. The highest BCUT2D eigenvalue weighted by Crippen LogP contribution is 2.26. The van der Waals surface area contributed by atoms with Crippen LogP contribution in [-0.4, -0.2) is 23.8 Å². The Morgan fingerprint density at radius 1 is 0.909 bits per heavy atom. The van der Waals surface area contributed by atoms with E-state index in [1.165, 1.54) is 11.1 Å². The van der Waals surface area contributed by atoms with E-state index in [0.29, 0.717) is 5.92 Å². The average Bonchev–Trinajstić information content (AvgIpc) is 2.48. The minimum Gasteiger partial charge on any atom is -1.00 e. The number of rotatable bonds is 7. The van der Waals surface area contributed by atoms with Crippen molar-refractivity contribution in [1.29, 1.82) is 0 Å². The van der Waals surface area contributed by atoms with Crippen molar-refractivity contribution < 1.29 is 22.8 Å². The molecule has 0 saturated carbocycles. The highest BCUT2D eigenvalue weighted by Gasteiger charge is 2.17. The predicted molar refractivity (Wildman–Crippen MR) is 87.3 cm³/mol. The van der Waals surface area contributed by atoms with E-state index >= 15 is 0 Å². The van der Waals surface area contributed by atoms with Crippen LogP contribution in [0.2, 0.25) is 0 Å². The van der Waals surface area contributed by atoms with E-state index < -0.39 is 5.60 Å². The van der Waals surface area contributed by atoms with Gasteiger partial charge in [0.1, 0.15) is 12.1 Å². The number of hydrogen-bond acceptors (Lipinski definition) is 1. The lowest BCUT2D eigenvalue weighted by atomic mass is 9.88. The van der Waals surface area contributed by atoms with Gasteiger partial charge in [-0.2, -0.15) is 0 Å². The minimum absolute atomic E-state index is 0. The summed E-state index contributed by atoms with van der Waals surface area (Å²) >= 11 is 0. The molecule has 2 aromatic rings. The van der Waals surface area contributed by atoms with Crippen LogP contribution in [0.15, 0.2) is 60.7 Å². The molecule has 0 aromatic heterocycles. The first kappa shape index (κ1) is 18.7. The summed E-state index contributed by atoms with van der Waals surface area (Å²) in [5, 5.41) is 12.0. The van der Waals surface area contributed by atoms with Crippen molar-refractivity contribution in [2.24, 2.45) is 0 Å². The molecule has 0 aliphatic heterocycles. The summed E-state index contributed by atoms with van der Waals surface area (Å²) in [6.07, 6.45) is 1.07. The number of nitrogens with two attached hydrogens (primary N) is 1. The molecule has 120 valence electrons. The van der Waals surface area contributed by atoms with Crippen molar-refractivity contribution in [3.05, 3.63) is 71.8 Å². The molecular formula is C19H26ClNO. The highest BCUT2D eigenvalue weighted by molar-refractivity contribution is 5.32. The monoisotopic (exact) mass is 319 g/mol. The Bertz CT molecular complexity index is 483. The second kappa shape index (κ2) is 8.94. The molecule has 0 aliphatic carbocycles. The molecule has 0 radical (unpaired) electrons. The van der Waals surface area contributed by atoms with E-state index in [-0.39, 0.29) is 12.4 Å². The van der Waals surface area contributed by atoms with Crippen molar-refractivity contribution >= 4 is 0 Å². The van der Waals surface area contributed by atoms with Crippen molar-refractivity contribution in [2.75, 3.05) is 13.1 Å². The molecule has 2 nitrogen and oxygen atoms in total. The van der Waals surface area contributed by atoms with Gasteiger partial charge >= 0.3 is 0 Å². The zero-order valence-corrected chi connectivity index (χ0v) is 14.1. The number of aliphatic hydroxyl groups is 1. The van der Waals surface area contributed by atoms with Crippen LogP contribution in [-0.2, 0) is 0 Å². The van der Waals surface area contributed by atoms with E-state index in [1.54, 1.807) is 0 Å². The van der Waals surface area contributed by atoms with Crippen molar-refractivity contribution in [2.45, 2.75) is 31.8 Å². The number of halogens is 1. The number of benzene rings is 2. The molecular weight excluding hydrogens is 294 g/mol. The Morgan fingerprint density at radius 3 is 1.77 bits per heavy atom. The largest absolute Gasteiger partial charge is 1.00 e. The van der Waals surface area contributed by atoms with Gasteiger partial charge in [0.2, 0.25) is 0 Å². The molecule has 0 heterocycles. The molecule has 3 heteroatoms. The standard InChI is InChI=1S/C19H25NO.ClH/c1-19(2,21)15-20-14-13-18(16-9-5-3-6-10-16)17-11-7-4-8-12-17;/h3-12,18,20-21H,13-15H2,1-2H3;1H. The molecule has 0 spiro atoms. The molecule has 2 rings (SSSR count). The lowest BCUT2D eigenvalue weighted by Gasteiger charge is -2.19. The van der Waals surface area contributed by atoms with Crippen LogP contribution in [0, 0.1) is 0 Å². The first-order chi connectivity index (χ1) is 10.1. The van der Waals surface area contributed by atoms with E-state index in [9.17, 15) is 5.11 Å². The summed E-state index contributed by atoms with van der Waals surface area (Å²) in [5.41, 5.74) is 2.12. The third-order valence-corrected chi connectivity index (χ3v) is 3.71. The van der Waals surface area contributed by atoms with E-state index in [0.717, 1.165) is 19.5 Å². The summed E-state index contributed by atoms with van der Waals surface area (Å²) in [7, 11) is 0. The first-order valence-corrected chi connectivity index (χ1v) is 7.70. The van der Waals surface area contributed by atoms with E-state index in [4.69, 9.17) is 0 Å². The van der Waals surface area contributed by atoms with E-state index in [1.807, 2.05) is 13.8 Å². The van der Waals surface area contributed by atoms with Crippen LogP contribution in [0.1, 0.15) is 37.3 Å². The van der Waals surface area contributed by atoms with Gasteiger partial charge < -0.3 is 22.8 Å². The highest BCUT2D eigenvalue weighted by atomic mass is 35.5. The van der Waals surface area contributed by atoms with Crippen LogP contribution in [0.25, 0.3) is 0 Å². The molecule has 0 atom stereocenters. The van der Waals surface area contributed by atoms with Gasteiger partial charge in [0, 0.05) is 12.3 Å². The van der Waals surface area contributed by atoms with Crippen LogP contribution in [0.5, 0.6) is 0 Å². The van der Waals surface area contributed by atoms with Gasteiger partial charge in [-0.1, -0.05) is 60.7 Å². The van der Waals surface area contributed by atoms with Crippen molar-refractivity contribution in [3.8, 4) is 0 Å². The molecule has 0 amide bonds. The zero-order chi connectivity index (χ0) is 15.1. The minimum atomic E-state index is -0.602. The molecule has 0 saturated heterocycles. The summed E-state index contributed by atoms with van der Waals surface area (Å²) in [6.45, 7) is 5.46. The van der Waals surface area contributed by atoms with Crippen molar-refractivity contribution in [1.82, 2.24) is 0 Å². The lowest BCUT2D eigenvalue weighted by Crippen LogP contribution is -3.00. The zero-order valence-electron chi connectivity index (χ0n) is 13.4. The summed E-state index contributed by atoms with van der Waals surface area (Å²) in [4.78, 5) is 0. The van der Waals surface area contributed by atoms with Gasteiger partial charge in [-0.05, 0) is 25.0 Å². The first-order valence-electron chi connectivity index (χ1n) is 7.70. The van der Waals surface area contributed by atoms with Crippen LogP contribution in [0.4, 0.5) is 0 Å². The topological polar surface area (TPSA) is 36.8 Å². The third kappa shape index (κ3) is 6.18. The van der Waals surface area contributed by atoms with Gasteiger partial charge in [0.15, 0.2) is 0 Å². The van der Waals surface area contributed by atoms with Gasteiger partial charge in [-0.3, -0.25) is 0 Å². The summed E-state index contributed by atoms with van der Waals surface area (Å²) in [5.74, 6) is 0.422. The molecule has 0 unspecified atom stereocenters. The average molecular weight is 320 g/mol. The van der Waals surface area contributed by atoms with Crippen LogP contribution in [0.3, 0.4) is 0 Å². The maximum atomic E-state index is 9.79. The fourth-order valence-corrected chi connectivity index (χ4v) is 2.64. The van der Waals surface area contributed by atoms with Gasteiger partial charge in [-0.15, -0.1) is 0 Å². The number of hydrogen-bond donors (Lipinski definition) is 2. The van der Waals surface area contributed by atoms with Crippen LogP contribution >= 0.6 is 0 Å². The third-order valence-electron chi connectivity index (χ3n) is 3.71. The fourth-order valence-electron chi connectivity index (χ4n) is 2.64. The lowest BCUT2D eigenvalue weighted by molar-refractivity contribution is -0.666. The Labute approximate surface area is 140 Å². The molecule has 3 N–H and O–H groups in total. The molecule has 0 aliphatic rings. The van der Waals surface area contributed by atoms with Gasteiger partial charge in [0.05, 0.1) is 6.54 Å². The predicted octanol–water partition coefficient (Wildman–Crippen LogP) is -0.453.